The summed E-state index contributed by atoms with van der Waals surface area (Å²) in [4.78, 5) is 4.31. The fraction of sp³-hybridized carbons (Fsp3) is 0.688. The molecule has 0 aliphatic heterocycles. The molecule has 126 valence electrons. The van der Waals surface area contributed by atoms with Crippen LogP contribution < -0.4 is 14.2 Å². The molecule has 5 nitrogen and oxygen atoms in total. The van der Waals surface area contributed by atoms with Crippen LogP contribution in [0.5, 0.6) is 11.6 Å². The predicted molar refractivity (Wildman–Crippen MR) is 91.8 cm³/mol. The van der Waals surface area contributed by atoms with Gasteiger partial charge in [-0.1, -0.05) is 11.9 Å². The smallest absolute Gasteiger partial charge is 0.256 e. The molecule has 0 saturated heterocycles. The topological polar surface area (TPSA) is 52.6 Å². The Bertz CT molecular complexity index is 436. The molecule has 0 bridgehead atoms. The lowest BCUT2D eigenvalue weighted by Crippen LogP contribution is -2.19. The lowest BCUT2D eigenvalue weighted by molar-refractivity contribution is 0.170. The molecule has 1 heterocycles. The number of nitrogens with one attached hydrogen (secondary N) is 1. The summed E-state index contributed by atoms with van der Waals surface area (Å²) in [6, 6.07) is 2.00. The Kier molecular flexibility index (Phi) is 8.60. The summed E-state index contributed by atoms with van der Waals surface area (Å²) in [5.74, 6) is 1.22. The molecule has 0 radical (unpaired) electrons. The zero-order valence-electron chi connectivity index (χ0n) is 14.3. The summed E-state index contributed by atoms with van der Waals surface area (Å²) >= 11 is 1.74. The van der Waals surface area contributed by atoms with Gasteiger partial charge in [0.2, 0.25) is 0 Å². The number of ether oxygens (including phenoxy) is 3. The molecule has 22 heavy (non-hydrogen) atoms. The van der Waals surface area contributed by atoms with Crippen LogP contribution in [-0.4, -0.2) is 43.7 Å². The summed E-state index contributed by atoms with van der Waals surface area (Å²) in [5.41, 5.74) is 1.13. The van der Waals surface area contributed by atoms with Crippen molar-refractivity contribution in [3.63, 3.8) is 0 Å². The highest BCUT2D eigenvalue weighted by Crippen LogP contribution is 2.25. The number of aromatic nitrogens is 1. The first-order valence-electron chi connectivity index (χ1n) is 7.52. The van der Waals surface area contributed by atoms with E-state index in [4.69, 9.17) is 14.2 Å². The standard InChI is InChI=1S/C16H28N2O3S/c1-16(2,3)22-18-8-7-13-11-14(15(20-5)17-12-13)21-10-6-9-19-4/h11-12,18H,6-10H2,1-5H3. The average Bonchev–Trinajstić information content (AvgIpc) is 2.47. The van der Waals surface area contributed by atoms with Gasteiger partial charge in [-0.25, -0.2) is 4.98 Å². The molecule has 1 aromatic rings. The highest BCUT2D eigenvalue weighted by molar-refractivity contribution is 7.98. The number of nitrogens with zero attached hydrogens (tertiary/aromatic N) is 1. The molecule has 1 N–H and O–H groups in total. The Morgan fingerprint density at radius 2 is 2.00 bits per heavy atom. The normalized spacial score (nSPS) is 11.5. The quantitative estimate of drug-likeness (QED) is 0.526. The van der Waals surface area contributed by atoms with E-state index in [-0.39, 0.29) is 4.75 Å². The van der Waals surface area contributed by atoms with Crippen LogP contribution >= 0.6 is 11.9 Å². The fourth-order valence-electron chi connectivity index (χ4n) is 1.71. The van der Waals surface area contributed by atoms with Crippen molar-refractivity contribution in [3.8, 4) is 11.6 Å². The zero-order chi connectivity index (χ0) is 16.4. The first-order valence-corrected chi connectivity index (χ1v) is 8.33. The van der Waals surface area contributed by atoms with E-state index in [9.17, 15) is 0 Å². The van der Waals surface area contributed by atoms with Crippen LogP contribution in [-0.2, 0) is 11.2 Å². The van der Waals surface area contributed by atoms with Gasteiger partial charge in [-0.2, -0.15) is 0 Å². The number of hydrogen-bond donors (Lipinski definition) is 1. The molecule has 1 aromatic heterocycles. The molecule has 0 atom stereocenters. The first-order chi connectivity index (χ1) is 10.5. The molecule has 0 amide bonds. The molecular formula is C16H28N2O3S. The Labute approximate surface area is 138 Å². The van der Waals surface area contributed by atoms with E-state index in [0.29, 0.717) is 24.8 Å². The third-order valence-corrected chi connectivity index (χ3v) is 3.67. The predicted octanol–water partition coefficient (Wildman–Crippen LogP) is 3.08. The minimum Gasteiger partial charge on any atom is -0.488 e. The molecule has 0 aromatic carbocycles. The van der Waals surface area contributed by atoms with E-state index in [1.807, 2.05) is 12.3 Å². The maximum atomic E-state index is 5.74. The van der Waals surface area contributed by atoms with Gasteiger partial charge in [0.05, 0.1) is 13.7 Å². The second-order valence-corrected chi connectivity index (χ2v) is 7.62. The number of hydrogen-bond acceptors (Lipinski definition) is 6. The van der Waals surface area contributed by atoms with Crippen LogP contribution in [0.1, 0.15) is 32.8 Å². The molecule has 0 fully saturated rings. The first kappa shape index (κ1) is 19.1. The number of rotatable bonds is 10. The molecule has 0 aliphatic rings. The third-order valence-electron chi connectivity index (χ3n) is 2.71. The van der Waals surface area contributed by atoms with E-state index >= 15 is 0 Å². The van der Waals surface area contributed by atoms with Crippen molar-refractivity contribution in [1.29, 1.82) is 0 Å². The van der Waals surface area contributed by atoms with E-state index < -0.39 is 0 Å². The van der Waals surface area contributed by atoms with Gasteiger partial charge in [0, 0.05) is 37.6 Å². The summed E-state index contributed by atoms with van der Waals surface area (Å²) < 4.78 is 19.6. The Morgan fingerprint density at radius 1 is 1.23 bits per heavy atom. The van der Waals surface area contributed by atoms with Crippen LogP contribution in [0.15, 0.2) is 12.3 Å². The van der Waals surface area contributed by atoms with Crippen molar-refractivity contribution in [2.45, 2.75) is 38.4 Å². The van der Waals surface area contributed by atoms with E-state index in [0.717, 1.165) is 24.9 Å². The lowest BCUT2D eigenvalue weighted by atomic mass is 10.2. The molecular weight excluding hydrogens is 300 g/mol. The number of methoxy groups -OCH3 is 2. The Balaban J connectivity index is 2.50. The van der Waals surface area contributed by atoms with E-state index in [1.165, 1.54) is 0 Å². The second-order valence-electron chi connectivity index (χ2n) is 5.90. The van der Waals surface area contributed by atoms with Crippen LogP contribution in [0.25, 0.3) is 0 Å². The van der Waals surface area contributed by atoms with Gasteiger partial charge < -0.3 is 14.2 Å². The molecule has 0 aliphatic carbocycles. The maximum Gasteiger partial charge on any atom is 0.256 e. The fourth-order valence-corrected chi connectivity index (χ4v) is 2.35. The van der Waals surface area contributed by atoms with Crippen molar-refractivity contribution < 1.29 is 14.2 Å². The third kappa shape index (κ3) is 7.87. The van der Waals surface area contributed by atoms with Crippen molar-refractivity contribution in [1.82, 2.24) is 9.71 Å². The second kappa shape index (κ2) is 9.92. The van der Waals surface area contributed by atoms with E-state index in [1.54, 1.807) is 26.2 Å². The zero-order valence-corrected chi connectivity index (χ0v) is 15.1. The SMILES string of the molecule is COCCCOc1cc(CCNSC(C)(C)C)cnc1OC. The Morgan fingerprint density at radius 3 is 2.64 bits per heavy atom. The van der Waals surface area contributed by atoms with Gasteiger partial charge >= 0.3 is 0 Å². The van der Waals surface area contributed by atoms with Crippen LogP contribution in [0.3, 0.4) is 0 Å². The van der Waals surface area contributed by atoms with Gasteiger partial charge in [-0.3, -0.25) is 4.72 Å². The van der Waals surface area contributed by atoms with Gasteiger partial charge in [0.1, 0.15) is 0 Å². The van der Waals surface area contributed by atoms with Crippen LogP contribution in [0.2, 0.25) is 0 Å². The van der Waals surface area contributed by atoms with Crippen molar-refractivity contribution >= 4 is 11.9 Å². The summed E-state index contributed by atoms with van der Waals surface area (Å²) in [6.45, 7) is 8.72. The summed E-state index contributed by atoms with van der Waals surface area (Å²) in [5, 5.41) is 0. The number of pyridine rings is 1. The van der Waals surface area contributed by atoms with Gasteiger partial charge in [0.25, 0.3) is 5.88 Å². The van der Waals surface area contributed by atoms with Gasteiger partial charge in [0.15, 0.2) is 5.75 Å². The van der Waals surface area contributed by atoms with Gasteiger partial charge in [-0.05, 0) is 38.8 Å². The molecule has 1 rings (SSSR count). The van der Waals surface area contributed by atoms with Crippen molar-refractivity contribution in [2.24, 2.45) is 0 Å². The highest BCUT2D eigenvalue weighted by Gasteiger charge is 2.11. The summed E-state index contributed by atoms with van der Waals surface area (Å²) in [6.07, 6.45) is 3.58. The largest absolute Gasteiger partial charge is 0.488 e. The Hall–Kier alpha value is -0.980. The average molecular weight is 328 g/mol. The van der Waals surface area contributed by atoms with Crippen LogP contribution in [0.4, 0.5) is 0 Å². The summed E-state index contributed by atoms with van der Waals surface area (Å²) in [7, 11) is 3.29. The maximum absolute atomic E-state index is 5.74. The minimum atomic E-state index is 0.216. The van der Waals surface area contributed by atoms with Crippen molar-refractivity contribution in [3.05, 3.63) is 17.8 Å². The molecule has 0 unspecified atom stereocenters. The molecule has 0 spiro atoms. The van der Waals surface area contributed by atoms with E-state index in [2.05, 4.69) is 30.5 Å². The van der Waals surface area contributed by atoms with Gasteiger partial charge in [-0.15, -0.1) is 0 Å². The van der Waals surface area contributed by atoms with Crippen LogP contribution in [0, 0.1) is 0 Å². The van der Waals surface area contributed by atoms with Crippen molar-refractivity contribution in [2.75, 3.05) is 34.0 Å². The highest BCUT2D eigenvalue weighted by atomic mass is 32.2. The monoisotopic (exact) mass is 328 g/mol. The minimum absolute atomic E-state index is 0.216. The molecule has 6 heteroatoms. The lowest BCUT2D eigenvalue weighted by Gasteiger charge is -2.17. The molecule has 0 saturated carbocycles.